The fourth-order valence-corrected chi connectivity index (χ4v) is 4.03. The third-order valence-electron chi connectivity index (χ3n) is 5.91. The maximum atomic E-state index is 13.7. The van der Waals surface area contributed by atoms with Gasteiger partial charge in [0.1, 0.15) is 17.3 Å². The molecule has 1 heterocycles. The first-order chi connectivity index (χ1) is 16.5. The highest BCUT2D eigenvalue weighted by Gasteiger charge is 2.34. The van der Waals surface area contributed by atoms with E-state index in [0.29, 0.717) is 37.2 Å². The largest absolute Gasteiger partial charge is 0.573 e. The molecule has 0 bridgehead atoms. The van der Waals surface area contributed by atoms with Crippen molar-refractivity contribution in [1.82, 2.24) is 9.80 Å². The predicted octanol–water partition coefficient (Wildman–Crippen LogP) is 5.42. The molecule has 9 heteroatoms. The molecule has 1 amide bonds. The summed E-state index contributed by atoms with van der Waals surface area (Å²) in [6.07, 6.45) is -3.49. The summed E-state index contributed by atoms with van der Waals surface area (Å²) in [5, 5.41) is 0. The van der Waals surface area contributed by atoms with Gasteiger partial charge < -0.3 is 19.3 Å². The molecule has 1 fully saturated rings. The van der Waals surface area contributed by atoms with Gasteiger partial charge in [0, 0.05) is 24.2 Å². The van der Waals surface area contributed by atoms with Gasteiger partial charge in [-0.25, -0.2) is 4.39 Å². The lowest BCUT2D eigenvalue weighted by atomic mass is 10.0. The van der Waals surface area contributed by atoms with Crippen LogP contribution in [0.1, 0.15) is 37.8 Å². The highest BCUT2D eigenvalue weighted by molar-refractivity contribution is 5.79. The number of nitrogens with zero attached hydrogens (tertiary/aromatic N) is 2. The number of carbonyl (C=O) groups excluding carboxylic acids is 1. The minimum Gasteiger partial charge on any atom is -0.493 e. The zero-order valence-electron chi connectivity index (χ0n) is 20.3. The number of ether oxygens (including phenoxy) is 2. The molecule has 1 aliphatic rings. The van der Waals surface area contributed by atoms with E-state index in [1.807, 2.05) is 19.2 Å². The van der Waals surface area contributed by atoms with E-state index in [-0.39, 0.29) is 30.5 Å². The topological polar surface area (TPSA) is 42.0 Å². The van der Waals surface area contributed by atoms with Crippen LogP contribution in [-0.4, -0.2) is 54.9 Å². The van der Waals surface area contributed by atoms with Crippen molar-refractivity contribution in [3.63, 3.8) is 0 Å². The van der Waals surface area contributed by atoms with Crippen molar-refractivity contribution in [3.8, 4) is 11.5 Å². The van der Waals surface area contributed by atoms with Crippen LogP contribution in [0.5, 0.6) is 11.5 Å². The Bertz CT molecular complexity index is 972. The van der Waals surface area contributed by atoms with Crippen molar-refractivity contribution in [3.05, 3.63) is 59.4 Å². The third kappa shape index (κ3) is 8.42. The van der Waals surface area contributed by atoms with Crippen LogP contribution in [-0.2, 0) is 17.8 Å². The average Bonchev–Trinajstić information content (AvgIpc) is 2.78. The lowest BCUT2D eigenvalue weighted by Crippen LogP contribution is -2.46. The van der Waals surface area contributed by atoms with Crippen molar-refractivity contribution in [2.45, 2.75) is 52.1 Å². The second-order valence-electron chi connectivity index (χ2n) is 9.38. The molecule has 0 N–H and O–H groups in total. The maximum Gasteiger partial charge on any atom is 0.573 e. The summed E-state index contributed by atoms with van der Waals surface area (Å²) in [6, 6.07) is 10.1. The molecule has 0 spiro atoms. The van der Waals surface area contributed by atoms with Gasteiger partial charge in [0.15, 0.2) is 0 Å². The van der Waals surface area contributed by atoms with Crippen LogP contribution in [0.3, 0.4) is 0 Å². The van der Waals surface area contributed by atoms with Crippen molar-refractivity contribution in [2.24, 2.45) is 5.92 Å². The molecule has 0 aliphatic carbocycles. The van der Waals surface area contributed by atoms with Gasteiger partial charge in [-0.3, -0.25) is 4.79 Å². The average molecular weight is 497 g/mol. The Morgan fingerprint density at radius 3 is 2.37 bits per heavy atom. The van der Waals surface area contributed by atoms with Crippen molar-refractivity contribution in [2.75, 3.05) is 26.7 Å². The molecule has 0 unspecified atom stereocenters. The molecule has 0 radical (unpaired) electrons. The number of hydrogen-bond donors (Lipinski definition) is 0. The van der Waals surface area contributed by atoms with Crippen LogP contribution in [0.15, 0.2) is 42.5 Å². The Morgan fingerprint density at radius 1 is 1.11 bits per heavy atom. The number of hydrogen-bond acceptors (Lipinski definition) is 4. The van der Waals surface area contributed by atoms with Gasteiger partial charge in [0.2, 0.25) is 5.91 Å². The number of alkyl halides is 3. The molecule has 1 aliphatic heterocycles. The minimum absolute atomic E-state index is 0.0907. The van der Waals surface area contributed by atoms with E-state index in [1.54, 1.807) is 17.0 Å². The molecule has 2 aromatic carbocycles. The standard InChI is InChI=1S/C26H32F4N2O3/c1-18(2)17-34-23-8-4-19(5-9-23)14-25(33)32(22-10-12-31(3)13-11-22)16-20-6-7-21(27)15-24(20)35-26(28,29)30/h4-9,15,18,22H,10-14,16-17H2,1-3H3. The van der Waals surface area contributed by atoms with Gasteiger partial charge in [0.25, 0.3) is 0 Å². The van der Waals surface area contributed by atoms with E-state index in [2.05, 4.69) is 23.5 Å². The number of benzene rings is 2. The Morgan fingerprint density at radius 2 is 1.77 bits per heavy atom. The Balaban J connectivity index is 1.80. The number of carbonyl (C=O) groups is 1. The second-order valence-corrected chi connectivity index (χ2v) is 9.38. The molecule has 35 heavy (non-hydrogen) atoms. The molecule has 2 aromatic rings. The monoisotopic (exact) mass is 496 g/mol. The van der Waals surface area contributed by atoms with Crippen LogP contribution in [0, 0.1) is 11.7 Å². The number of halogens is 4. The highest BCUT2D eigenvalue weighted by atomic mass is 19.4. The summed E-state index contributed by atoms with van der Waals surface area (Å²) >= 11 is 0. The number of piperidine rings is 1. The van der Waals surface area contributed by atoms with Crippen molar-refractivity contribution in [1.29, 1.82) is 0 Å². The minimum atomic E-state index is -4.97. The second kappa shape index (κ2) is 11.7. The van der Waals surface area contributed by atoms with Crippen molar-refractivity contribution >= 4 is 5.91 Å². The molecule has 3 rings (SSSR count). The van der Waals surface area contributed by atoms with E-state index in [4.69, 9.17) is 4.74 Å². The van der Waals surface area contributed by atoms with Crippen LogP contribution < -0.4 is 9.47 Å². The van der Waals surface area contributed by atoms with E-state index in [9.17, 15) is 22.4 Å². The first kappa shape index (κ1) is 26.8. The van der Waals surface area contributed by atoms with Gasteiger partial charge >= 0.3 is 6.36 Å². The predicted molar refractivity (Wildman–Crippen MR) is 125 cm³/mol. The lowest BCUT2D eigenvalue weighted by molar-refractivity contribution is -0.275. The SMILES string of the molecule is CC(C)COc1ccc(CC(=O)N(Cc2ccc(F)cc2OC(F)(F)F)C2CCN(C)CC2)cc1. The summed E-state index contributed by atoms with van der Waals surface area (Å²) in [5.41, 5.74) is 0.879. The summed E-state index contributed by atoms with van der Waals surface area (Å²) in [6.45, 7) is 6.13. The molecular weight excluding hydrogens is 464 g/mol. The van der Waals surface area contributed by atoms with E-state index in [0.717, 1.165) is 24.7 Å². The number of likely N-dealkylation sites (tertiary alicyclic amines) is 1. The summed E-state index contributed by atoms with van der Waals surface area (Å²) in [5.74, 6) is -0.586. The summed E-state index contributed by atoms with van der Waals surface area (Å²) in [4.78, 5) is 17.2. The normalized spacial score (nSPS) is 15.3. The van der Waals surface area contributed by atoms with Crippen LogP contribution in [0.2, 0.25) is 0 Å². The molecule has 0 aromatic heterocycles. The summed E-state index contributed by atoms with van der Waals surface area (Å²) in [7, 11) is 1.99. The molecule has 192 valence electrons. The van der Waals surface area contributed by atoms with E-state index in [1.165, 1.54) is 6.07 Å². The lowest BCUT2D eigenvalue weighted by Gasteiger charge is -2.38. The maximum absolute atomic E-state index is 13.7. The highest BCUT2D eigenvalue weighted by Crippen LogP contribution is 2.30. The van der Waals surface area contributed by atoms with Crippen LogP contribution >= 0.6 is 0 Å². The smallest absolute Gasteiger partial charge is 0.493 e. The summed E-state index contributed by atoms with van der Waals surface area (Å²) < 4.78 is 62.2. The van der Waals surface area contributed by atoms with Crippen molar-refractivity contribution < 1.29 is 31.8 Å². The Labute approximate surface area is 203 Å². The fourth-order valence-electron chi connectivity index (χ4n) is 4.03. The quantitative estimate of drug-likeness (QED) is 0.435. The van der Waals surface area contributed by atoms with E-state index < -0.39 is 17.9 Å². The number of rotatable bonds is 9. The fraction of sp³-hybridized carbons (Fsp3) is 0.500. The number of amides is 1. The molecule has 0 atom stereocenters. The van der Waals surface area contributed by atoms with Crippen LogP contribution in [0.25, 0.3) is 0 Å². The molecular formula is C26H32F4N2O3. The third-order valence-corrected chi connectivity index (χ3v) is 5.91. The zero-order chi connectivity index (χ0) is 25.6. The molecule has 1 saturated heterocycles. The first-order valence-corrected chi connectivity index (χ1v) is 11.7. The van der Waals surface area contributed by atoms with Gasteiger partial charge in [-0.05, 0) is 62.7 Å². The molecule has 0 saturated carbocycles. The van der Waals surface area contributed by atoms with Gasteiger partial charge in [0.05, 0.1) is 13.0 Å². The van der Waals surface area contributed by atoms with Gasteiger partial charge in [-0.2, -0.15) is 0 Å². The van der Waals surface area contributed by atoms with Gasteiger partial charge in [-0.1, -0.05) is 32.0 Å². The first-order valence-electron chi connectivity index (χ1n) is 11.7. The van der Waals surface area contributed by atoms with Gasteiger partial charge in [-0.15, -0.1) is 13.2 Å². The molecule has 5 nitrogen and oxygen atoms in total. The van der Waals surface area contributed by atoms with E-state index >= 15 is 0 Å². The van der Waals surface area contributed by atoms with Crippen LogP contribution in [0.4, 0.5) is 17.6 Å². The zero-order valence-corrected chi connectivity index (χ0v) is 20.3. The Hall–Kier alpha value is -2.81. The Kier molecular flexibility index (Phi) is 8.99.